The molecule has 0 aliphatic carbocycles. The Hall–Kier alpha value is -0.980. The Bertz CT molecular complexity index is 752. The van der Waals surface area contributed by atoms with E-state index in [9.17, 15) is 14.5 Å². The van der Waals surface area contributed by atoms with Gasteiger partial charge >= 0.3 is 11.5 Å². The molecule has 1 aromatic carbocycles. The molecule has 0 aromatic heterocycles. The van der Waals surface area contributed by atoms with E-state index in [1.54, 1.807) is 0 Å². The summed E-state index contributed by atoms with van der Waals surface area (Å²) in [5.41, 5.74) is -1.14. The third-order valence-corrected chi connectivity index (χ3v) is 9.00. The number of carboxylic acid groups (broad SMARTS) is 1. The second-order valence-electron chi connectivity index (χ2n) is 10.9. The second kappa shape index (κ2) is 24.6. The Balaban J connectivity index is 2.01. The molecule has 0 radical (unpaired) electrons. The van der Waals surface area contributed by atoms with Crippen molar-refractivity contribution in [2.45, 2.75) is 134 Å². The van der Waals surface area contributed by atoms with Gasteiger partial charge in [-0.25, -0.2) is 4.79 Å². The number of hydrogen-bond acceptors (Lipinski definition) is 6. The van der Waals surface area contributed by atoms with E-state index >= 15 is 0 Å². The second-order valence-corrected chi connectivity index (χ2v) is 12.9. The number of ether oxygens (including phenoxy) is 2. The summed E-state index contributed by atoms with van der Waals surface area (Å²) in [4.78, 5) is 10.8. The fourth-order valence-corrected chi connectivity index (χ4v) is 6.10. The molecule has 2 N–H and O–H groups in total. The van der Waals surface area contributed by atoms with Crippen LogP contribution in [-0.4, -0.2) is 52.5 Å². The van der Waals surface area contributed by atoms with Crippen LogP contribution in [0.4, 0.5) is 0 Å². The Morgan fingerprint density at radius 1 is 0.850 bits per heavy atom. The highest BCUT2D eigenvalue weighted by Gasteiger charge is 2.38. The standard InChI is InChI=1S/C32H55O6PS/c1-3-4-5-6-10-14-22-30(29-20-15-12-16-21-29)23-27-40-26-17-11-8-7-9-13-19-28(2)37-24-18-25-38-32(35,39-36)31(33)34/h12,15-16,20-21,28,30,35H,3-11,13-14,17-19,22-27H2,1-2H3,(H,33,34). The van der Waals surface area contributed by atoms with E-state index in [0.717, 1.165) is 12.8 Å². The van der Waals surface area contributed by atoms with E-state index in [1.165, 1.54) is 101 Å². The lowest BCUT2D eigenvalue weighted by molar-refractivity contribution is -0.190. The Labute approximate surface area is 249 Å². The van der Waals surface area contributed by atoms with Crippen molar-refractivity contribution in [1.82, 2.24) is 0 Å². The van der Waals surface area contributed by atoms with Gasteiger partial charge in [0.15, 0.2) is 0 Å². The number of carboxylic acids is 1. The lowest BCUT2D eigenvalue weighted by atomic mass is 9.91. The van der Waals surface area contributed by atoms with Crippen LogP contribution in [0.2, 0.25) is 0 Å². The van der Waals surface area contributed by atoms with E-state index in [1.807, 2.05) is 6.92 Å². The molecule has 3 unspecified atom stereocenters. The summed E-state index contributed by atoms with van der Waals surface area (Å²) < 4.78 is 21.3. The number of aliphatic hydroxyl groups is 1. The fourth-order valence-electron chi connectivity index (χ4n) is 4.81. The van der Waals surface area contributed by atoms with Crippen LogP contribution in [-0.2, 0) is 18.8 Å². The predicted octanol–water partition coefficient (Wildman–Crippen LogP) is 9.21. The lowest BCUT2D eigenvalue weighted by Gasteiger charge is -2.17. The average Bonchev–Trinajstić information content (AvgIpc) is 2.96. The van der Waals surface area contributed by atoms with Crippen molar-refractivity contribution >= 4 is 26.2 Å². The minimum absolute atomic E-state index is 0.0319. The highest BCUT2D eigenvalue weighted by atomic mass is 32.2. The van der Waals surface area contributed by atoms with Gasteiger partial charge in [0, 0.05) is 6.61 Å². The highest BCUT2D eigenvalue weighted by molar-refractivity contribution is 7.99. The number of aliphatic carboxylic acids is 1. The number of rotatable bonds is 28. The molecule has 40 heavy (non-hydrogen) atoms. The zero-order valence-electron chi connectivity index (χ0n) is 25.1. The van der Waals surface area contributed by atoms with Crippen molar-refractivity contribution < 1.29 is 29.0 Å². The monoisotopic (exact) mass is 598 g/mol. The van der Waals surface area contributed by atoms with Gasteiger partial charge in [-0.05, 0) is 62.0 Å². The maximum atomic E-state index is 10.8. The molecule has 1 aromatic rings. The number of benzene rings is 1. The van der Waals surface area contributed by atoms with Gasteiger partial charge in [-0.2, -0.15) is 11.8 Å². The van der Waals surface area contributed by atoms with Crippen LogP contribution in [0.5, 0.6) is 0 Å². The summed E-state index contributed by atoms with van der Waals surface area (Å²) in [6.45, 7) is 4.70. The lowest BCUT2D eigenvalue weighted by Crippen LogP contribution is -2.35. The normalized spacial score (nSPS) is 14.7. The SMILES string of the molecule is CCCCCCCCC(CCSCCCCCCCCC(C)OCCCOC(O)(P=O)C(=O)O)c1ccccc1. The van der Waals surface area contributed by atoms with E-state index in [4.69, 9.17) is 14.6 Å². The molecule has 0 heterocycles. The summed E-state index contributed by atoms with van der Waals surface area (Å²) in [6.07, 6.45) is 19.9. The van der Waals surface area contributed by atoms with E-state index in [0.29, 0.717) is 18.9 Å². The predicted molar refractivity (Wildman–Crippen MR) is 168 cm³/mol. The van der Waals surface area contributed by atoms with E-state index in [2.05, 4.69) is 49.0 Å². The van der Waals surface area contributed by atoms with Crippen LogP contribution in [0.25, 0.3) is 0 Å². The smallest absolute Gasteiger partial charge is 0.377 e. The first-order valence-corrected chi connectivity index (χ1v) is 17.6. The topological polar surface area (TPSA) is 93.1 Å². The summed E-state index contributed by atoms with van der Waals surface area (Å²) in [5.74, 6) is 1.58. The third-order valence-electron chi connectivity index (χ3n) is 7.33. The molecule has 6 nitrogen and oxygen atoms in total. The van der Waals surface area contributed by atoms with Gasteiger partial charge < -0.3 is 19.7 Å². The summed E-state index contributed by atoms with van der Waals surface area (Å²) in [6, 6.07) is 11.1. The van der Waals surface area contributed by atoms with Crippen molar-refractivity contribution in [1.29, 1.82) is 0 Å². The van der Waals surface area contributed by atoms with Gasteiger partial charge in [0.2, 0.25) is 8.46 Å². The molecule has 230 valence electrons. The van der Waals surface area contributed by atoms with E-state index in [-0.39, 0.29) is 12.7 Å². The van der Waals surface area contributed by atoms with Gasteiger partial charge in [-0.1, -0.05) is 108 Å². The van der Waals surface area contributed by atoms with Crippen LogP contribution in [0.1, 0.15) is 128 Å². The molecule has 0 amide bonds. The Morgan fingerprint density at radius 2 is 1.48 bits per heavy atom. The van der Waals surface area contributed by atoms with E-state index < -0.39 is 20.0 Å². The Kier molecular flexibility index (Phi) is 22.8. The molecule has 0 saturated heterocycles. The van der Waals surface area contributed by atoms with Gasteiger partial charge in [-0.15, -0.1) is 0 Å². The van der Waals surface area contributed by atoms with Crippen molar-refractivity contribution in [2.24, 2.45) is 0 Å². The summed E-state index contributed by atoms with van der Waals surface area (Å²) in [7, 11) is -0.981. The van der Waals surface area contributed by atoms with Crippen LogP contribution < -0.4 is 0 Å². The molecule has 0 spiro atoms. The third kappa shape index (κ3) is 18.5. The molecule has 0 aliphatic rings. The molecular weight excluding hydrogens is 543 g/mol. The Morgan fingerprint density at radius 3 is 2.12 bits per heavy atom. The average molecular weight is 599 g/mol. The summed E-state index contributed by atoms with van der Waals surface area (Å²) in [5, 5.41) is 18.3. The molecular formula is C32H55O6PS. The van der Waals surface area contributed by atoms with Crippen molar-refractivity contribution in [3.05, 3.63) is 35.9 Å². The van der Waals surface area contributed by atoms with Crippen LogP contribution in [0.3, 0.4) is 0 Å². The van der Waals surface area contributed by atoms with Gasteiger partial charge in [0.1, 0.15) is 0 Å². The van der Waals surface area contributed by atoms with Crippen molar-refractivity contribution in [2.75, 3.05) is 24.7 Å². The first kappa shape index (κ1) is 37.0. The van der Waals surface area contributed by atoms with Crippen molar-refractivity contribution in [3.8, 4) is 0 Å². The quantitative estimate of drug-likeness (QED) is 0.0564. The number of unbranched alkanes of at least 4 members (excludes halogenated alkanes) is 10. The van der Waals surface area contributed by atoms with Crippen LogP contribution in [0.15, 0.2) is 30.3 Å². The van der Waals surface area contributed by atoms with Gasteiger partial charge in [0.05, 0.1) is 12.7 Å². The van der Waals surface area contributed by atoms with Gasteiger partial charge in [0.25, 0.3) is 0 Å². The van der Waals surface area contributed by atoms with Crippen molar-refractivity contribution in [3.63, 3.8) is 0 Å². The molecule has 0 saturated carbocycles. The molecule has 1 rings (SSSR count). The number of thioether (sulfide) groups is 1. The summed E-state index contributed by atoms with van der Waals surface area (Å²) >= 11 is 2.13. The van der Waals surface area contributed by atoms with Crippen LogP contribution in [0, 0.1) is 0 Å². The highest BCUT2D eigenvalue weighted by Crippen LogP contribution is 2.28. The first-order valence-electron chi connectivity index (χ1n) is 15.6. The zero-order chi connectivity index (χ0) is 29.3. The molecule has 0 fully saturated rings. The largest absolute Gasteiger partial charge is 0.477 e. The number of carbonyl (C=O) groups is 1. The molecule has 0 bridgehead atoms. The number of hydrogen-bond donors (Lipinski definition) is 2. The minimum Gasteiger partial charge on any atom is -0.477 e. The first-order chi connectivity index (χ1) is 19.4. The molecule has 0 aliphatic heterocycles. The zero-order valence-corrected chi connectivity index (χ0v) is 26.8. The molecule has 3 atom stereocenters. The van der Waals surface area contributed by atoms with Crippen LogP contribution >= 0.6 is 20.2 Å². The maximum Gasteiger partial charge on any atom is 0.377 e. The fraction of sp³-hybridized carbons (Fsp3) is 0.781. The minimum atomic E-state index is -2.66. The van der Waals surface area contributed by atoms with Gasteiger partial charge in [-0.3, -0.25) is 4.57 Å². The molecule has 8 heteroatoms. The maximum absolute atomic E-state index is 10.8.